The van der Waals surface area contributed by atoms with Gasteiger partial charge in [-0.1, -0.05) is 17.2 Å². The molecule has 0 saturated carbocycles. The highest BCUT2D eigenvalue weighted by molar-refractivity contribution is 5.60. The molecule has 0 aliphatic heterocycles. The first kappa shape index (κ1) is 8.88. The van der Waals surface area contributed by atoms with E-state index in [2.05, 4.69) is 42.2 Å². The minimum Gasteiger partial charge on any atom is -0.159 e. The van der Waals surface area contributed by atoms with Gasteiger partial charge in [0.25, 0.3) is 0 Å². The molecule has 2 heteroatoms. The van der Waals surface area contributed by atoms with E-state index in [9.17, 15) is 0 Å². The fourth-order valence-electron chi connectivity index (χ4n) is 1.58. The van der Waals surface area contributed by atoms with Crippen molar-refractivity contribution in [1.29, 1.82) is 0 Å². The van der Waals surface area contributed by atoms with Gasteiger partial charge in [0.1, 0.15) is 0 Å². The van der Waals surface area contributed by atoms with Gasteiger partial charge in [-0.3, -0.25) is 0 Å². The summed E-state index contributed by atoms with van der Waals surface area (Å²) in [5, 5.41) is 7.95. The van der Waals surface area contributed by atoms with Crippen LogP contribution in [0.4, 0.5) is 0 Å². The topological polar surface area (TPSA) is 25.8 Å². The maximum absolute atomic E-state index is 4.08. The molecule has 0 aliphatic rings. The number of rotatable bonds is 1. The molecule has 2 aromatic rings. The Morgan fingerprint density at radius 2 is 1.71 bits per heavy atom. The van der Waals surface area contributed by atoms with E-state index < -0.39 is 0 Å². The molecule has 0 fully saturated rings. The van der Waals surface area contributed by atoms with Crippen LogP contribution in [0.3, 0.4) is 0 Å². The summed E-state index contributed by atoms with van der Waals surface area (Å²) in [5.41, 5.74) is 4.58. The largest absolute Gasteiger partial charge is 0.159 e. The van der Waals surface area contributed by atoms with Gasteiger partial charge in [-0.05, 0) is 38.1 Å². The molecule has 0 bridgehead atoms. The quantitative estimate of drug-likeness (QED) is 0.681. The summed E-state index contributed by atoms with van der Waals surface area (Å²) in [6, 6.07) is 10.3. The molecule has 0 unspecified atom stereocenters. The molecule has 1 aromatic heterocycles. The lowest BCUT2D eigenvalue weighted by Gasteiger charge is -2.02. The SMILES string of the molecule is Cc1cc(C)cc(-c2cccnn2)c1. The van der Waals surface area contributed by atoms with E-state index >= 15 is 0 Å². The number of benzene rings is 1. The number of hydrogen-bond acceptors (Lipinski definition) is 2. The lowest BCUT2D eigenvalue weighted by Crippen LogP contribution is -1.87. The second-order valence-corrected chi connectivity index (χ2v) is 3.49. The average Bonchev–Trinajstić information content (AvgIpc) is 2.18. The first-order valence-corrected chi connectivity index (χ1v) is 4.62. The van der Waals surface area contributed by atoms with Crippen LogP contribution in [-0.4, -0.2) is 10.2 Å². The number of nitrogens with zero attached hydrogens (tertiary/aromatic N) is 2. The minimum absolute atomic E-state index is 0.930. The summed E-state index contributed by atoms with van der Waals surface area (Å²) in [7, 11) is 0. The van der Waals surface area contributed by atoms with Crippen molar-refractivity contribution >= 4 is 0 Å². The first-order chi connectivity index (χ1) is 6.75. The molecule has 0 radical (unpaired) electrons. The third kappa shape index (κ3) is 1.79. The van der Waals surface area contributed by atoms with Gasteiger partial charge in [0.05, 0.1) is 5.69 Å². The van der Waals surface area contributed by atoms with Gasteiger partial charge >= 0.3 is 0 Å². The molecule has 2 rings (SSSR count). The van der Waals surface area contributed by atoms with Gasteiger partial charge in [-0.15, -0.1) is 0 Å². The fourth-order valence-corrected chi connectivity index (χ4v) is 1.58. The van der Waals surface area contributed by atoms with E-state index in [1.807, 2.05) is 12.1 Å². The van der Waals surface area contributed by atoms with E-state index in [1.165, 1.54) is 11.1 Å². The second kappa shape index (κ2) is 3.58. The van der Waals surface area contributed by atoms with E-state index in [4.69, 9.17) is 0 Å². The van der Waals surface area contributed by atoms with Gasteiger partial charge < -0.3 is 0 Å². The van der Waals surface area contributed by atoms with Crippen LogP contribution in [0.5, 0.6) is 0 Å². The molecule has 14 heavy (non-hydrogen) atoms. The predicted octanol–water partition coefficient (Wildman–Crippen LogP) is 2.76. The molecule has 70 valence electrons. The highest BCUT2D eigenvalue weighted by Crippen LogP contribution is 2.18. The zero-order valence-corrected chi connectivity index (χ0v) is 8.36. The van der Waals surface area contributed by atoms with Crippen LogP contribution in [0.2, 0.25) is 0 Å². The van der Waals surface area contributed by atoms with Gasteiger partial charge in [-0.2, -0.15) is 10.2 Å². The second-order valence-electron chi connectivity index (χ2n) is 3.49. The Labute approximate surface area is 83.6 Å². The average molecular weight is 184 g/mol. The summed E-state index contributed by atoms with van der Waals surface area (Å²) < 4.78 is 0. The van der Waals surface area contributed by atoms with E-state index in [-0.39, 0.29) is 0 Å². The minimum atomic E-state index is 0.930. The van der Waals surface area contributed by atoms with Crippen LogP contribution < -0.4 is 0 Å². The molecule has 1 aromatic carbocycles. The molecule has 0 spiro atoms. The first-order valence-electron chi connectivity index (χ1n) is 4.62. The van der Waals surface area contributed by atoms with Crippen LogP contribution in [0.25, 0.3) is 11.3 Å². The number of aromatic nitrogens is 2. The molecule has 1 heterocycles. The Morgan fingerprint density at radius 3 is 2.29 bits per heavy atom. The molecular formula is C12H12N2. The molecular weight excluding hydrogens is 172 g/mol. The molecule has 0 N–H and O–H groups in total. The molecule has 0 saturated heterocycles. The van der Waals surface area contributed by atoms with Gasteiger partial charge in [-0.25, -0.2) is 0 Å². The van der Waals surface area contributed by atoms with Crippen molar-refractivity contribution in [3.05, 3.63) is 47.7 Å². The Kier molecular flexibility index (Phi) is 2.27. The fraction of sp³-hybridized carbons (Fsp3) is 0.167. The highest BCUT2D eigenvalue weighted by Gasteiger charge is 1.99. The Morgan fingerprint density at radius 1 is 1.00 bits per heavy atom. The van der Waals surface area contributed by atoms with Crippen molar-refractivity contribution in [2.75, 3.05) is 0 Å². The van der Waals surface area contributed by atoms with Crippen molar-refractivity contribution in [3.63, 3.8) is 0 Å². The zero-order chi connectivity index (χ0) is 9.97. The van der Waals surface area contributed by atoms with Crippen LogP contribution in [0.15, 0.2) is 36.5 Å². The van der Waals surface area contributed by atoms with Crippen LogP contribution >= 0.6 is 0 Å². The van der Waals surface area contributed by atoms with Gasteiger partial charge in [0, 0.05) is 11.8 Å². The third-order valence-electron chi connectivity index (χ3n) is 2.09. The smallest absolute Gasteiger partial charge is 0.0929 e. The van der Waals surface area contributed by atoms with Crippen LogP contribution in [0, 0.1) is 13.8 Å². The van der Waals surface area contributed by atoms with Crippen molar-refractivity contribution in [1.82, 2.24) is 10.2 Å². The summed E-state index contributed by atoms with van der Waals surface area (Å²) in [6.07, 6.45) is 1.69. The van der Waals surface area contributed by atoms with Crippen LogP contribution in [0.1, 0.15) is 11.1 Å². The lowest BCUT2D eigenvalue weighted by atomic mass is 10.1. The number of hydrogen-bond donors (Lipinski definition) is 0. The Hall–Kier alpha value is -1.70. The summed E-state index contributed by atoms with van der Waals surface area (Å²) >= 11 is 0. The molecule has 2 nitrogen and oxygen atoms in total. The molecule has 0 amide bonds. The summed E-state index contributed by atoms with van der Waals surface area (Å²) in [5.74, 6) is 0. The normalized spacial score (nSPS) is 10.1. The van der Waals surface area contributed by atoms with Crippen LogP contribution in [-0.2, 0) is 0 Å². The van der Waals surface area contributed by atoms with E-state index in [0.29, 0.717) is 0 Å². The standard InChI is InChI=1S/C12H12N2/c1-9-6-10(2)8-11(7-9)12-4-3-5-13-14-12/h3-8H,1-2H3. The monoisotopic (exact) mass is 184 g/mol. The third-order valence-corrected chi connectivity index (χ3v) is 2.09. The van der Waals surface area contributed by atoms with Gasteiger partial charge in [0.2, 0.25) is 0 Å². The van der Waals surface area contributed by atoms with E-state index in [0.717, 1.165) is 11.3 Å². The van der Waals surface area contributed by atoms with Crippen molar-refractivity contribution < 1.29 is 0 Å². The van der Waals surface area contributed by atoms with Crippen molar-refractivity contribution in [3.8, 4) is 11.3 Å². The Bertz CT molecular complexity index is 415. The highest BCUT2D eigenvalue weighted by atomic mass is 15.1. The van der Waals surface area contributed by atoms with Crippen molar-refractivity contribution in [2.24, 2.45) is 0 Å². The number of aryl methyl sites for hydroxylation is 2. The predicted molar refractivity (Wildman–Crippen MR) is 56.9 cm³/mol. The summed E-state index contributed by atoms with van der Waals surface area (Å²) in [4.78, 5) is 0. The van der Waals surface area contributed by atoms with Gasteiger partial charge in [0.15, 0.2) is 0 Å². The maximum Gasteiger partial charge on any atom is 0.0929 e. The molecule has 0 atom stereocenters. The van der Waals surface area contributed by atoms with E-state index in [1.54, 1.807) is 6.20 Å². The Balaban J connectivity index is 2.52. The molecule has 0 aliphatic carbocycles. The van der Waals surface area contributed by atoms with Crippen molar-refractivity contribution in [2.45, 2.75) is 13.8 Å². The maximum atomic E-state index is 4.08. The zero-order valence-electron chi connectivity index (χ0n) is 8.36. The summed E-state index contributed by atoms with van der Waals surface area (Å²) in [6.45, 7) is 4.18. The lowest BCUT2D eigenvalue weighted by molar-refractivity contribution is 1.04.